The minimum Gasteiger partial charge on any atom is -1.00 e. The fourth-order valence-electron chi connectivity index (χ4n) is 4.91. The summed E-state index contributed by atoms with van der Waals surface area (Å²) in [6.45, 7) is 1.15. The molecule has 2 aliphatic carbocycles. The lowest BCUT2D eigenvalue weighted by atomic mass is 9.53. The van der Waals surface area contributed by atoms with Gasteiger partial charge in [0.15, 0.2) is 0 Å². The Morgan fingerprint density at radius 3 is 3.05 bits per heavy atom. The van der Waals surface area contributed by atoms with E-state index in [9.17, 15) is 5.11 Å². The van der Waals surface area contributed by atoms with Gasteiger partial charge in [0.2, 0.25) is 0 Å². The van der Waals surface area contributed by atoms with Gasteiger partial charge in [-0.1, -0.05) is 18.9 Å². The molecule has 1 aliphatic heterocycles. The lowest BCUT2D eigenvalue weighted by molar-refractivity contribution is -0.00000522. The van der Waals surface area contributed by atoms with Gasteiger partial charge in [-0.2, -0.15) is 0 Å². The van der Waals surface area contributed by atoms with Crippen molar-refractivity contribution in [1.82, 2.24) is 5.32 Å². The van der Waals surface area contributed by atoms with Crippen LogP contribution < -0.4 is 22.3 Å². The number of hydrogen-bond acceptors (Lipinski definition) is 2. The van der Waals surface area contributed by atoms with Gasteiger partial charge in [0, 0.05) is 11.5 Å². The molecule has 2 bridgehead atoms. The molecule has 0 aromatic heterocycles. The predicted octanol–water partition coefficient (Wildman–Crippen LogP) is -0.145. The molecule has 3 aliphatic rings. The Labute approximate surface area is 126 Å². The van der Waals surface area contributed by atoms with Crippen LogP contribution >= 0.6 is 0 Å². The van der Waals surface area contributed by atoms with Gasteiger partial charge in [0.1, 0.15) is 5.75 Å². The molecule has 0 radical (unpaired) electrons. The second-order valence-corrected chi connectivity index (χ2v) is 6.36. The zero-order valence-electron chi connectivity index (χ0n) is 12.2. The van der Waals surface area contributed by atoms with E-state index in [1.54, 1.807) is 0 Å². The summed E-state index contributed by atoms with van der Waals surface area (Å²) in [4.78, 5) is 0. The fourth-order valence-corrected chi connectivity index (χ4v) is 4.91. The molecule has 0 amide bonds. The van der Waals surface area contributed by atoms with Crippen molar-refractivity contribution in [3.05, 3.63) is 29.3 Å². The summed E-state index contributed by atoms with van der Waals surface area (Å²) in [6.07, 6.45) is 7.85. The van der Waals surface area contributed by atoms with Crippen LogP contribution in [-0.4, -0.2) is 17.7 Å². The van der Waals surface area contributed by atoms with Crippen molar-refractivity contribution >= 4 is 0 Å². The van der Waals surface area contributed by atoms with Crippen LogP contribution in [0, 0.1) is 5.92 Å². The number of benzene rings is 1. The molecule has 19 heavy (non-hydrogen) atoms. The molecule has 0 unspecified atom stereocenters. The SMILES string of the molecule is Oc1ccc2c(c1)[C@@]13CCCC[C@H]1[C@@H](C2)NCC3.[Br-].[H+]. The van der Waals surface area contributed by atoms with Crippen LogP contribution in [0.3, 0.4) is 0 Å². The zero-order chi connectivity index (χ0) is 12.2. The molecule has 1 aromatic carbocycles. The summed E-state index contributed by atoms with van der Waals surface area (Å²) in [5.41, 5.74) is 3.33. The third-order valence-corrected chi connectivity index (χ3v) is 5.63. The minimum absolute atomic E-state index is 0. The fraction of sp³-hybridized carbons (Fsp3) is 0.625. The van der Waals surface area contributed by atoms with Crippen LogP contribution in [0.1, 0.15) is 44.7 Å². The van der Waals surface area contributed by atoms with Gasteiger partial charge in [-0.15, -0.1) is 0 Å². The van der Waals surface area contributed by atoms with Gasteiger partial charge in [-0.05, 0) is 61.4 Å². The van der Waals surface area contributed by atoms with Crippen molar-refractivity contribution in [3.8, 4) is 5.75 Å². The first-order valence-electron chi connectivity index (χ1n) is 7.35. The molecule has 3 atom stereocenters. The molecular weight excluding hydrogens is 302 g/mol. The van der Waals surface area contributed by atoms with E-state index in [-0.39, 0.29) is 18.4 Å². The van der Waals surface area contributed by atoms with Gasteiger partial charge in [-0.3, -0.25) is 0 Å². The third kappa shape index (κ3) is 1.85. The first kappa shape index (κ1) is 13.4. The van der Waals surface area contributed by atoms with Crippen LogP contribution in [0.2, 0.25) is 0 Å². The highest BCUT2D eigenvalue weighted by molar-refractivity contribution is 5.45. The number of hydrogen-bond donors (Lipinski definition) is 2. The highest BCUT2D eigenvalue weighted by atomic mass is 79.9. The molecule has 104 valence electrons. The van der Waals surface area contributed by atoms with E-state index in [4.69, 9.17) is 0 Å². The maximum absolute atomic E-state index is 9.86. The third-order valence-electron chi connectivity index (χ3n) is 5.63. The average Bonchev–Trinajstić information content (AvgIpc) is 2.40. The predicted molar refractivity (Wildman–Crippen MR) is 73.0 cm³/mol. The van der Waals surface area contributed by atoms with Crippen molar-refractivity contribution < 1.29 is 23.5 Å². The maximum atomic E-state index is 9.86. The number of piperidine rings is 1. The van der Waals surface area contributed by atoms with Gasteiger partial charge in [0.05, 0.1) is 0 Å². The lowest BCUT2D eigenvalue weighted by Gasteiger charge is -2.56. The van der Waals surface area contributed by atoms with E-state index in [0.29, 0.717) is 17.2 Å². The van der Waals surface area contributed by atoms with Gasteiger partial charge in [-0.25, -0.2) is 0 Å². The highest BCUT2D eigenvalue weighted by Crippen LogP contribution is 2.54. The number of aromatic hydroxyl groups is 1. The van der Waals surface area contributed by atoms with Crippen LogP contribution in [0.15, 0.2) is 18.2 Å². The molecule has 3 heteroatoms. The van der Waals surface area contributed by atoms with E-state index in [1.165, 1.54) is 43.2 Å². The lowest BCUT2D eigenvalue weighted by Crippen LogP contribution is -3.00. The van der Waals surface area contributed by atoms with Crippen LogP contribution in [0.5, 0.6) is 5.75 Å². The van der Waals surface area contributed by atoms with E-state index in [2.05, 4.69) is 17.4 Å². The minimum atomic E-state index is 0. The number of halogens is 1. The molecule has 2 fully saturated rings. The summed E-state index contributed by atoms with van der Waals surface area (Å²) >= 11 is 0. The Balaban J connectivity index is 0.000000735. The standard InChI is InChI=1S/C16H21NO.BrH/c18-12-5-4-11-9-15-13-3-1-2-6-16(13,7-8-17-15)14(11)10-12;/h4-5,10,13,15,17-18H,1-3,6-9H2;1H/t13-,15+,16+;/m0./s1. The summed E-state index contributed by atoms with van der Waals surface area (Å²) in [7, 11) is 0. The highest BCUT2D eigenvalue weighted by Gasteiger charge is 2.51. The van der Waals surface area contributed by atoms with Gasteiger partial charge in [0.25, 0.3) is 0 Å². The molecule has 0 spiro atoms. The largest absolute Gasteiger partial charge is 1.00 e. The van der Waals surface area contributed by atoms with Gasteiger partial charge < -0.3 is 27.4 Å². The number of fused-ring (bicyclic) bond motifs is 1. The summed E-state index contributed by atoms with van der Waals surface area (Å²) in [5, 5.41) is 13.6. The second kappa shape index (κ2) is 4.78. The van der Waals surface area contributed by atoms with E-state index in [0.717, 1.165) is 18.9 Å². The molecule has 1 saturated carbocycles. The van der Waals surface area contributed by atoms with Crippen molar-refractivity contribution in [2.75, 3.05) is 6.54 Å². The molecule has 2 nitrogen and oxygen atoms in total. The topological polar surface area (TPSA) is 32.3 Å². The second-order valence-electron chi connectivity index (χ2n) is 6.36. The van der Waals surface area contributed by atoms with E-state index >= 15 is 0 Å². The van der Waals surface area contributed by atoms with Crippen molar-refractivity contribution in [2.45, 2.75) is 50.0 Å². The van der Waals surface area contributed by atoms with E-state index in [1.807, 2.05) is 6.07 Å². The van der Waals surface area contributed by atoms with E-state index < -0.39 is 0 Å². The Hall–Kier alpha value is -0.540. The number of nitrogens with one attached hydrogen (secondary N) is 1. The van der Waals surface area contributed by atoms with Crippen molar-refractivity contribution in [1.29, 1.82) is 0 Å². The normalized spacial score (nSPS) is 35.8. The first-order chi connectivity index (χ1) is 8.79. The number of phenols is 1. The Morgan fingerprint density at radius 1 is 1.26 bits per heavy atom. The molecule has 4 rings (SSSR count). The van der Waals surface area contributed by atoms with Crippen LogP contribution in [0.4, 0.5) is 0 Å². The summed E-state index contributed by atoms with van der Waals surface area (Å²) in [6, 6.07) is 6.75. The zero-order valence-corrected chi connectivity index (χ0v) is 12.7. The number of phenolic OH excluding ortho intramolecular Hbond substituents is 1. The Kier molecular flexibility index (Phi) is 3.38. The maximum Gasteiger partial charge on any atom is 1.00 e. The Morgan fingerprint density at radius 2 is 2.16 bits per heavy atom. The average molecular weight is 324 g/mol. The molecule has 2 N–H and O–H groups in total. The summed E-state index contributed by atoms with van der Waals surface area (Å²) in [5.74, 6) is 1.25. The van der Waals surface area contributed by atoms with Gasteiger partial charge >= 0.3 is 1.43 Å². The molecule has 1 saturated heterocycles. The quantitative estimate of drug-likeness (QED) is 0.696. The van der Waals surface area contributed by atoms with Crippen LogP contribution in [-0.2, 0) is 11.8 Å². The smallest absolute Gasteiger partial charge is 1.00 e. The Bertz CT molecular complexity index is 491. The van der Waals surface area contributed by atoms with Crippen molar-refractivity contribution in [3.63, 3.8) is 0 Å². The monoisotopic (exact) mass is 323 g/mol. The number of rotatable bonds is 0. The van der Waals surface area contributed by atoms with Crippen molar-refractivity contribution in [2.24, 2.45) is 5.92 Å². The molecule has 1 heterocycles. The molecule has 1 aromatic rings. The first-order valence-corrected chi connectivity index (χ1v) is 7.35. The van der Waals surface area contributed by atoms with Crippen LogP contribution in [0.25, 0.3) is 0 Å². The molecular formula is C16H22BrNO. The summed E-state index contributed by atoms with van der Waals surface area (Å²) < 4.78 is 0.